The van der Waals surface area contributed by atoms with E-state index in [1.54, 1.807) is 0 Å². The molecule has 1 aromatic carbocycles. The van der Waals surface area contributed by atoms with Gasteiger partial charge >= 0.3 is 12.1 Å². The van der Waals surface area contributed by atoms with Crippen LogP contribution in [-0.2, 0) is 25.8 Å². The molecule has 0 bridgehead atoms. The van der Waals surface area contributed by atoms with Crippen molar-refractivity contribution in [1.29, 1.82) is 0 Å². The molecule has 1 N–H and O–H groups in total. The predicted molar refractivity (Wildman–Crippen MR) is 80.6 cm³/mol. The number of nitrogens with zero attached hydrogens (tertiary/aromatic N) is 2. The van der Waals surface area contributed by atoms with Gasteiger partial charge in [0.1, 0.15) is 0 Å². The average molecular weight is 357 g/mol. The van der Waals surface area contributed by atoms with Crippen LogP contribution in [0.4, 0.5) is 13.2 Å². The van der Waals surface area contributed by atoms with Crippen LogP contribution in [0.25, 0.3) is 0 Å². The lowest BCUT2D eigenvalue weighted by molar-refractivity contribution is -0.137. The van der Waals surface area contributed by atoms with Gasteiger partial charge in [0.15, 0.2) is 0 Å². The number of benzene rings is 1. The lowest BCUT2D eigenvalue weighted by atomic mass is 10.1. The van der Waals surface area contributed by atoms with Crippen molar-refractivity contribution in [3.63, 3.8) is 0 Å². The van der Waals surface area contributed by atoms with Gasteiger partial charge in [-0.2, -0.15) is 13.2 Å². The van der Waals surface area contributed by atoms with Crippen LogP contribution in [0, 0.1) is 0 Å². The van der Waals surface area contributed by atoms with Gasteiger partial charge < -0.3 is 5.11 Å². The summed E-state index contributed by atoms with van der Waals surface area (Å²) in [6, 6.07) is 4.68. The molecule has 0 unspecified atom stereocenters. The van der Waals surface area contributed by atoms with E-state index in [1.165, 1.54) is 18.3 Å². The molecule has 126 valence electrons. The maximum absolute atomic E-state index is 12.7. The van der Waals surface area contributed by atoms with Crippen molar-refractivity contribution in [1.82, 2.24) is 9.88 Å². The maximum Gasteiger partial charge on any atom is 0.416 e. The largest absolute Gasteiger partial charge is 0.478 e. The molecule has 1 aliphatic heterocycles. The van der Waals surface area contributed by atoms with Gasteiger partial charge in [-0.3, -0.25) is 9.88 Å². The molecule has 8 heteroatoms. The predicted octanol–water partition coefficient (Wildman–Crippen LogP) is 3.97. The summed E-state index contributed by atoms with van der Waals surface area (Å²) in [6.45, 7) is 1.10. The molecular weight excluding hydrogens is 345 g/mol. The molecule has 0 spiro atoms. The summed E-state index contributed by atoms with van der Waals surface area (Å²) in [5.74, 6) is -1.02. The van der Waals surface area contributed by atoms with Gasteiger partial charge in [0, 0.05) is 36.4 Å². The molecule has 0 aliphatic carbocycles. The van der Waals surface area contributed by atoms with Gasteiger partial charge in [-0.25, -0.2) is 4.79 Å². The first-order valence-electron chi connectivity index (χ1n) is 7.03. The molecule has 0 amide bonds. The Hall–Kier alpha value is -2.12. The Bertz CT molecular complexity index is 808. The average Bonchev–Trinajstić information content (AvgIpc) is 2.90. The van der Waals surface area contributed by atoms with Gasteiger partial charge in [0.05, 0.1) is 16.8 Å². The first-order chi connectivity index (χ1) is 11.3. The Balaban J connectivity index is 1.79. The Morgan fingerprint density at radius 2 is 2.04 bits per heavy atom. The van der Waals surface area contributed by atoms with Crippen molar-refractivity contribution in [2.75, 3.05) is 0 Å². The molecule has 2 heterocycles. The zero-order chi connectivity index (χ0) is 17.5. The Morgan fingerprint density at radius 3 is 2.67 bits per heavy atom. The van der Waals surface area contributed by atoms with Crippen molar-refractivity contribution in [3.8, 4) is 0 Å². The molecular formula is C16H12ClF3N2O2. The number of pyridine rings is 1. The van der Waals surface area contributed by atoms with E-state index in [0.29, 0.717) is 36.5 Å². The van der Waals surface area contributed by atoms with Crippen molar-refractivity contribution < 1.29 is 23.1 Å². The standard InChI is InChI=1S/C16H12ClF3N2O2/c17-13-5-10(16(18,19)20)2-1-9(13)6-22-7-12-11(15(23)24)3-4-21-14(12)8-22/h1-5H,6-8H2,(H,23,24). The third kappa shape index (κ3) is 3.22. The van der Waals surface area contributed by atoms with E-state index in [1.807, 2.05) is 4.90 Å². The summed E-state index contributed by atoms with van der Waals surface area (Å²) in [5, 5.41) is 9.24. The molecule has 0 saturated heterocycles. The van der Waals surface area contributed by atoms with Crippen molar-refractivity contribution in [3.05, 3.63) is 63.4 Å². The van der Waals surface area contributed by atoms with Crippen molar-refractivity contribution >= 4 is 17.6 Å². The second-order valence-electron chi connectivity index (χ2n) is 5.54. The molecule has 1 aliphatic rings. The van der Waals surface area contributed by atoms with Crippen LogP contribution < -0.4 is 0 Å². The Morgan fingerprint density at radius 1 is 1.29 bits per heavy atom. The molecule has 0 atom stereocenters. The number of alkyl halides is 3. The smallest absolute Gasteiger partial charge is 0.416 e. The number of hydrogen-bond acceptors (Lipinski definition) is 3. The lowest BCUT2D eigenvalue weighted by Crippen LogP contribution is -2.17. The van der Waals surface area contributed by atoms with Crippen molar-refractivity contribution in [2.24, 2.45) is 0 Å². The molecule has 2 aromatic rings. The van der Waals surface area contributed by atoms with Gasteiger partial charge in [0.2, 0.25) is 0 Å². The molecule has 24 heavy (non-hydrogen) atoms. The SMILES string of the molecule is O=C(O)c1ccnc2c1CN(Cc1ccc(C(F)(F)F)cc1Cl)C2. The zero-order valence-electron chi connectivity index (χ0n) is 12.3. The number of carboxylic acids is 1. The summed E-state index contributed by atoms with van der Waals surface area (Å²) < 4.78 is 38.0. The van der Waals surface area contributed by atoms with E-state index < -0.39 is 17.7 Å². The second-order valence-corrected chi connectivity index (χ2v) is 5.95. The van der Waals surface area contributed by atoms with Crippen LogP contribution in [-0.4, -0.2) is 21.0 Å². The topological polar surface area (TPSA) is 53.4 Å². The van der Waals surface area contributed by atoms with Crippen LogP contribution in [0.15, 0.2) is 30.5 Å². The minimum absolute atomic E-state index is 0.0344. The van der Waals surface area contributed by atoms with E-state index in [2.05, 4.69) is 4.98 Å². The third-order valence-electron chi connectivity index (χ3n) is 3.90. The van der Waals surface area contributed by atoms with Crippen molar-refractivity contribution in [2.45, 2.75) is 25.8 Å². The number of rotatable bonds is 3. The highest BCUT2D eigenvalue weighted by molar-refractivity contribution is 6.31. The summed E-state index contributed by atoms with van der Waals surface area (Å²) >= 11 is 5.97. The first kappa shape index (κ1) is 16.7. The number of carbonyl (C=O) groups is 1. The minimum atomic E-state index is -4.44. The highest BCUT2D eigenvalue weighted by atomic mass is 35.5. The quantitative estimate of drug-likeness (QED) is 0.904. The van der Waals surface area contributed by atoms with E-state index in [-0.39, 0.29) is 10.6 Å². The van der Waals surface area contributed by atoms with Gasteiger partial charge in [-0.15, -0.1) is 0 Å². The van der Waals surface area contributed by atoms with Crippen LogP contribution in [0.5, 0.6) is 0 Å². The molecule has 0 fully saturated rings. The number of carboxylic acid groups (broad SMARTS) is 1. The number of hydrogen-bond donors (Lipinski definition) is 1. The second kappa shape index (κ2) is 6.07. The van der Waals surface area contributed by atoms with E-state index in [0.717, 1.165) is 12.1 Å². The van der Waals surface area contributed by atoms with Crippen LogP contribution in [0.3, 0.4) is 0 Å². The first-order valence-corrected chi connectivity index (χ1v) is 7.41. The van der Waals surface area contributed by atoms with E-state index >= 15 is 0 Å². The summed E-state index contributed by atoms with van der Waals surface area (Å²) in [5.41, 5.74) is 1.25. The summed E-state index contributed by atoms with van der Waals surface area (Å²) in [6.07, 6.45) is -3.00. The number of aromatic nitrogens is 1. The summed E-state index contributed by atoms with van der Waals surface area (Å²) in [4.78, 5) is 17.3. The number of aromatic carboxylic acids is 1. The molecule has 0 saturated carbocycles. The lowest BCUT2D eigenvalue weighted by Gasteiger charge is -2.16. The molecule has 1 aromatic heterocycles. The van der Waals surface area contributed by atoms with Crippen LogP contribution >= 0.6 is 11.6 Å². The number of fused-ring (bicyclic) bond motifs is 1. The third-order valence-corrected chi connectivity index (χ3v) is 4.26. The minimum Gasteiger partial charge on any atom is -0.478 e. The summed E-state index contributed by atoms with van der Waals surface area (Å²) in [7, 11) is 0. The Kier molecular flexibility index (Phi) is 4.23. The van der Waals surface area contributed by atoms with Gasteiger partial charge in [0.25, 0.3) is 0 Å². The fraction of sp³-hybridized carbons (Fsp3) is 0.250. The number of halogens is 4. The molecule has 3 rings (SSSR count). The highest BCUT2D eigenvalue weighted by Crippen LogP contribution is 2.33. The monoisotopic (exact) mass is 356 g/mol. The molecule has 4 nitrogen and oxygen atoms in total. The zero-order valence-corrected chi connectivity index (χ0v) is 13.0. The fourth-order valence-electron chi connectivity index (χ4n) is 2.74. The Labute approximate surface area is 140 Å². The van der Waals surface area contributed by atoms with Gasteiger partial charge in [-0.05, 0) is 23.8 Å². The van der Waals surface area contributed by atoms with Crippen LogP contribution in [0.1, 0.15) is 32.7 Å². The van der Waals surface area contributed by atoms with E-state index in [4.69, 9.17) is 11.6 Å². The fourth-order valence-corrected chi connectivity index (χ4v) is 2.98. The van der Waals surface area contributed by atoms with Crippen LogP contribution in [0.2, 0.25) is 5.02 Å². The highest BCUT2D eigenvalue weighted by Gasteiger charge is 2.31. The normalized spacial score (nSPS) is 14.7. The van der Waals surface area contributed by atoms with Gasteiger partial charge in [-0.1, -0.05) is 17.7 Å². The molecule has 0 radical (unpaired) electrons. The maximum atomic E-state index is 12.7. The van der Waals surface area contributed by atoms with E-state index in [9.17, 15) is 23.1 Å².